The van der Waals surface area contributed by atoms with Crippen LogP contribution >= 0.6 is 0 Å². The molecule has 1 saturated carbocycles. The van der Waals surface area contributed by atoms with E-state index in [1.54, 1.807) is 0 Å². The molecule has 106 valence electrons. The van der Waals surface area contributed by atoms with E-state index in [1.165, 1.54) is 44.9 Å². The summed E-state index contributed by atoms with van der Waals surface area (Å²) in [5.41, 5.74) is 5.61. The van der Waals surface area contributed by atoms with Gasteiger partial charge in [0.2, 0.25) is 5.91 Å². The molecule has 1 fully saturated rings. The molecule has 1 rings (SSSR count). The Morgan fingerprint density at radius 3 is 2.56 bits per heavy atom. The maximum Gasteiger partial charge on any atom is 0.220 e. The Bertz CT molecular complexity index is 219. The van der Waals surface area contributed by atoms with Crippen LogP contribution in [-0.4, -0.2) is 18.5 Å². The number of nitrogens with two attached hydrogens (primary N) is 1. The van der Waals surface area contributed by atoms with Crippen molar-refractivity contribution in [1.29, 1.82) is 0 Å². The van der Waals surface area contributed by atoms with Crippen LogP contribution in [0.5, 0.6) is 0 Å². The summed E-state index contributed by atoms with van der Waals surface area (Å²) in [5.74, 6) is 0.886. The van der Waals surface area contributed by atoms with E-state index in [1.807, 2.05) is 0 Å². The van der Waals surface area contributed by atoms with E-state index in [9.17, 15) is 4.79 Å². The fourth-order valence-electron chi connectivity index (χ4n) is 2.96. The minimum absolute atomic E-state index is 0.250. The van der Waals surface area contributed by atoms with Gasteiger partial charge in [-0.3, -0.25) is 4.79 Å². The van der Waals surface area contributed by atoms with Crippen molar-refractivity contribution in [1.82, 2.24) is 5.32 Å². The van der Waals surface area contributed by atoms with Gasteiger partial charge in [0.05, 0.1) is 0 Å². The third-order valence-electron chi connectivity index (χ3n) is 4.02. The molecule has 3 nitrogen and oxygen atoms in total. The third kappa shape index (κ3) is 6.39. The summed E-state index contributed by atoms with van der Waals surface area (Å²) in [6, 6.07) is 0.449. The zero-order valence-electron chi connectivity index (χ0n) is 11.9. The minimum atomic E-state index is 0.250. The molecule has 18 heavy (non-hydrogen) atoms. The summed E-state index contributed by atoms with van der Waals surface area (Å²) >= 11 is 0. The quantitative estimate of drug-likeness (QED) is 0.699. The summed E-state index contributed by atoms with van der Waals surface area (Å²) in [6.45, 7) is 2.94. The van der Waals surface area contributed by atoms with Crippen LogP contribution in [-0.2, 0) is 4.79 Å². The Morgan fingerprint density at radius 1 is 1.22 bits per heavy atom. The highest BCUT2D eigenvalue weighted by Gasteiger charge is 2.16. The molecule has 0 spiro atoms. The van der Waals surface area contributed by atoms with Crippen LogP contribution in [0.3, 0.4) is 0 Å². The average molecular weight is 254 g/mol. The van der Waals surface area contributed by atoms with Crippen molar-refractivity contribution in [3.8, 4) is 0 Å². The first-order chi connectivity index (χ1) is 8.76. The van der Waals surface area contributed by atoms with Crippen molar-refractivity contribution in [2.75, 3.05) is 6.54 Å². The van der Waals surface area contributed by atoms with Crippen LogP contribution in [0.15, 0.2) is 0 Å². The maximum atomic E-state index is 11.9. The monoisotopic (exact) mass is 254 g/mol. The molecule has 0 aliphatic heterocycles. The van der Waals surface area contributed by atoms with Crippen LogP contribution in [0.1, 0.15) is 71.1 Å². The van der Waals surface area contributed by atoms with Gasteiger partial charge in [0, 0.05) is 12.5 Å². The normalized spacial score (nSPS) is 18.6. The van der Waals surface area contributed by atoms with Gasteiger partial charge in [0.25, 0.3) is 0 Å². The molecule has 1 aliphatic carbocycles. The van der Waals surface area contributed by atoms with Crippen molar-refractivity contribution < 1.29 is 4.79 Å². The Balaban J connectivity index is 2.17. The maximum absolute atomic E-state index is 11.9. The first kappa shape index (κ1) is 15.5. The van der Waals surface area contributed by atoms with Gasteiger partial charge in [-0.2, -0.15) is 0 Å². The molecule has 1 unspecified atom stereocenters. The van der Waals surface area contributed by atoms with Crippen LogP contribution in [0.4, 0.5) is 0 Å². The highest BCUT2D eigenvalue weighted by molar-refractivity contribution is 5.76. The predicted molar refractivity (Wildman–Crippen MR) is 76.3 cm³/mol. The van der Waals surface area contributed by atoms with Gasteiger partial charge in [0.15, 0.2) is 0 Å². The van der Waals surface area contributed by atoms with E-state index in [0.717, 1.165) is 19.4 Å². The lowest BCUT2D eigenvalue weighted by Crippen LogP contribution is -2.36. The van der Waals surface area contributed by atoms with Crippen molar-refractivity contribution in [3.63, 3.8) is 0 Å². The molecule has 1 amide bonds. The van der Waals surface area contributed by atoms with Gasteiger partial charge >= 0.3 is 0 Å². The summed E-state index contributed by atoms with van der Waals surface area (Å²) < 4.78 is 0. The van der Waals surface area contributed by atoms with Gasteiger partial charge in [-0.25, -0.2) is 0 Å². The van der Waals surface area contributed by atoms with E-state index >= 15 is 0 Å². The largest absolute Gasteiger partial charge is 0.353 e. The number of hydrogen-bond donors (Lipinski definition) is 2. The SMILES string of the molecule is CCCC(CCN)CCC(=O)NC1CCCCC1. The molecule has 0 aromatic rings. The number of rotatable bonds is 8. The lowest BCUT2D eigenvalue weighted by atomic mass is 9.93. The van der Waals surface area contributed by atoms with E-state index in [2.05, 4.69) is 12.2 Å². The van der Waals surface area contributed by atoms with Gasteiger partial charge in [0.1, 0.15) is 0 Å². The topological polar surface area (TPSA) is 55.1 Å². The molecule has 1 aliphatic rings. The lowest BCUT2D eigenvalue weighted by molar-refractivity contribution is -0.122. The van der Waals surface area contributed by atoms with Crippen molar-refractivity contribution in [2.45, 2.75) is 77.2 Å². The van der Waals surface area contributed by atoms with Gasteiger partial charge in [-0.05, 0) is 38.1 Å². The molecule has 1 atom stereocenters. The second kappa shape index (κ2) is 9.37. The Labute approximate surface area is 112 Å². The minimum Gasteiger partial charge on any atom is -0.353 e. The van der Waals surface area contributed by atoms with E-state index in [4.69, 9.17) is 5.73 Å². The van der Waals surface area contributed by atoms with Crippen LogP contribution in [0.2, 0.25) is 0 Å². The molecule has 0 aromatic heterocycles. The number of carbonyl (C=O) groups is 1. The predicted octanol–water partition coefficient (Wildman–Crippen LogP) is 2.98. The third-order valence-corrected chi connectivity index (χ3v) is 4.02. The second-order valence-corrected chi connectivity index (χ2v) is 5.67. The Kier molecular flexibility index (Phi) is 8.06. The first-order valence-corrected chi connectivity index (χ1v) is 7.75. The number of nitrogens with one attached hydrogen (secondary N) is 1. The average Bonchev–Trinajstić information content (AvgIpc) is 2.38. The second-order valence-electron chi connectivity index (χ2n) is 5.67. The summed E-state index contributed by atoms with van der Waals surface area (Å²) in [4.78, 5) is 11.9. The lowest BCUT2D eigenvalue weighted by Gasteiger charge is -2.23. The molecular weight excluding hydrogens is 224 g/mol. The number of carbonyl (C=O) groups excluding carboxylic acids is 1. The smallest absolute Gasteiger partial charge is 0.220 e. The summed E-state index contributed by atoms with van der Waals surface area (Å²) in [7, 11) is 0. The van der Waals surface area contributed by atoms with Gasteiger partial charge in [-0.1, -0.05) is 39.0 Å². The molecule has 0 aromatic carbocycles. The molecule has 0 radical (unpaired) electrons. The Morgan fingerprint density at radius 2 is 1.94 bits per heavy atom. The molecule has 0 heterocycles. The number of amides is 1. The Hall–Kier alpha value is -0.570. The fraction of sp³-hybridized carbons (Fsp3) is 0.933. The molecule has 0 bridgehead atoms. The molecular formula is C15H30N2O. The van der Waals surface area contributed by atoms with Crippen LogP contribution < -0.4 is 11.1 Å². The highest BCUT2D eigenvalue weighted by atomic mass is 16.1. The van der Waals surface area contributed by atoms with E-state index in [-0.39, 0.29) is 5.91 Å². The molecule has 3 N–H and O–H groups in total. The van der Waals surface area contributed by atoms with Crippen molar-refractivity contribution >= 4 is 5.91 Å². The highest BCUT2D eigenvalue weighted by Crippen LogP contribution is 2.19. The standard InChI is InChI=1S/C15H30N2O/c1-2-6-13(11-12-16)9-10-15(18)17-14-7-4-3-5-8-14/h13-14H,2-12,16H2,1H3,(H,17,18). The number of hydrogen-bond acceptors (Lipinski definition) is 2. The van der Waals surface area contributed by atoms with Crippen LogP contribution in [0, 0.1) is 5.92 Å². The van der Waals surface area contributed by atoms with Gasteiger partial charge in [-0.15, -0.1) is 0 Å². The zero-order chi connectivity index (χ0) is 13.2. The zero-order valence-corrected chi connectivity index (χ0v) is 11.9. The van der Waals surface area contributed by atoms with E-state index < -0.39 is 0 Å². The van der Waals surface area contributed by atoms with Gasteiger partial charge < -0.3 is 11.1 Å². The fourth-order valence-corrected chi connectivity index (χ4v) is 2.96. The van der Waals surface area contributed by atoms with Crippen molar-refractivity contribution in [2.24, 2.45) is 11.7 Å². The van der Waals surface area contributed by atoms with Crippen molar-refractivity contribution in [3.05, 3.63) is 0 Å². The summed E-state index contributed by atoms with van der Waals surface area (Å²) in [5, 5.41) is 3.19. The molecule has 0 saturated heterocycles. The summed E-state index contributed by atoms with van der Waals surface area (Å²) in [6.07, 6.45) is 11.4. The van der Waals surface area contributed by atoms with E-state index in [0.29, 0.717) is 18.4 Å². The molecule has 3 heteroatoms. The van der Waals surface area contributed by atoms with Crippen LogP contribution in [0.25, 0.3) is 0 Å². The first-order valence-electron chi connectivity index (χ1n) is 7.75.